The van der Waals surface area contributed by atoms with Gasteiger partial charge >= 0.3 is 0 Å². The first-order valence-electron chi connectivity index (χ1n) is 9.69. The summed E-state index contributed by atoms with van der Waals surface area (Å²) in [6, 6.07) is 1.80. The van der Waals surface area contributed by atoms with E-state index in [2.05, 4.69) is 5.32 Å². The molecule has 5 unspecified atom stereocenters. The van der Waals surface area contributed by atoms with E-state index >= 15 is 0 Å². The molecule has 0 bridgehead atoms. The fourth-order valence-electron chi connectivity index (χ4n) is 6.39. The van der Waals surface area contributed by atoms with E-state index in [1.54, 1.807) is 12.8 Å². The van der Waals surface area contributed by atoms with Crippen LogP contribution in [-0.2, 0) is 0 Å². The molecule has 1 saturated heterocycles. The summed E-state index contributed by atoms with van der Waals surface area (Å²) in [5.74, 6) is 4.22. The van der Waals surface area contributed by atoms with Crippen LogP contribution in [0.5, 0.6) is 0 Å². The lowest BCUT2D eigenvalue weighted by molar-refractivity contribution is -0.00418. The lowest BCUT2D eigenvalue weighted by Gasteiger charge is -2.54. The zero-order valence-electron chi connectivity index (χ0n) is 13.2. The van der Waals surface area contributed by atoms with Crippen molar-refractivity contribution in [1.29, 1.82) is 0 Å². The molecule has 4 aliphatic rings. The molecule has 1 N–H and O–H groups in total. The molecule has 0 aromatic heterocycles. The first kappa shape index (κ1) is 13.6. The number of rotatable bonds is 1. The van der Waals surface area contributed by atoms with E-state index in [0.29, 0.717) is 0 Å². The monoisotopic (exact) mass is 275 g/mol. The highest BCUT2D eigenvalue weighted by Gasteiger charge is 2.47. The van der Waals surface area contributed by atoms with Gasteiger partial charge in [-0.1, -0.05) is 44.9 Å². The number of fused-ring (bicyclic) bond motifs is 3. The van der Waals surface area contributed by atoms with Gasteiger partial charge in [0.2, 0.25) is 0 Å². The van der Waals surface area contributed by atoms with Crippen LogP contribution in [0, 0.1) is 23.7 Å². The quantitative estimate of drug-likeness (QED) is 0.717. The number of hydrogen-bond donors (Lipinski definition) is 1. The number of piperidine rings is 1. The van der Waals surface area contributed by atoms with Crippen LogP contribution in [0.3, 0.4) is 0 Å². The van der Waals surface area contributed by atoms with Crippen LogP contribution in [0.15, 0.2) is 0 Å². The minimum atomic E-state index is 0.898. The Labute approximate surface area is 125 Å². The van der Waals surface area contributed by atoms with Gasteiger partial charge < -0.3 is 5.32 Å². The summed E-state index contributed by atoms with van der Waals surface area (Å²) in [7, 11) is 0. The van der Waals surface area contributed by atoms with Crippen molar-refractivity contribution in [3.05, 3.63) is 0 Å². The molecule has 1 heterocycles. The minimum Gasteiger partial charge on any atom is -0.310 e. The molecule has 4 fully saturated rings. The first-order valence-corrected chi connectivity index (χ1v) is 9.69. The third-order valence-corrected chi connectivity index (χ3v) is 7.27. The topological polar surface area (TPSA) is 12.0 Å². The maximum absolute atomic E-state index is 4.22. The normalized spacial score (nSPS) is 46.5. The highest BCUT2D eigenvalue weighted by Crippen LogP contribution is 2.49. The average Bonchev–Trinajstić information content (AvgIpc) is 2.55. The third kappa shape index (κ3) is 2.45. The van der Waals surface area contributed by atoms with Crippen molar-refractivity contribution in [3.63, 3.8) is 0 Å². The van der Waals surface area contributed by atoms with Gasteiger partial charge in [0.25, 0.3) is 0 Å². The van der Waals surface area contributed by atoms with Crippen LogP contribution in [0.1, 0.15) is 83.5 Å². The predicted octanol–water partition coefficient (Wildman–Crippen LogP) is 4.90. The van der Waals surface area contributed by atoms with E-state index in [1.165, 1.54) is 70.6 Å². The molecule has 20 heavy (non-hydrogen) atoms. The van der Waals surface area contributed by atoms with Gasteiger partial charge in [-0.05, 0) is 62.2 Å². The van der Waals surface area contributed by atoms with Gasteiger partial charge in [0, 0.05) is 12.1 Å². The maximum atomic E-state index is 4.22. The second-order valence-electron chi connectivity index (χ2n) is 8.26. The fourth-order valence-corrected chi connectivity index (χ4v) is 6.39. The summed E-state index contributed by atoms with van der Waals surface area (Å²) in [6.07, 6.45) is 19.8. The van der Waals surface area contributed by atoms with Crippen molar-refractivity contribution >= 4 is 0 Å². The molecule has 4 rings (SSSR count). The summed E-state index contributed by atoms with van der Waals surface area (Å²) >= 11 is 0. The van der Waals surface area contributed by atoms with Gasteiger partial charge in [-0.3, -0.25) is 0 Å². The van der Waals surface area contributed by atoms with Crippen molar-refractivity contribution in [1.82, 2.24) is 5.32 Å². The Balaban J connectivity index is 1.54. The zero-order chi connectivity index (χ0) is 13.4. The minimum absolute atomic E-state index is 0.898. The highest BCUT2D eigenvalue weighted by molar-refractivity contribution is 5.02. The molecular weight excluding hydrogens is 242 g/mol. The summed E-state index contributed by atoms with van der Waals surface area (Å²) in [4.78, 5) is 0. The van der Waals surface area contributed by atoms with Gasteiger partial charge in [-0.25, -0.2) is 0 Å². The number of nitrogens with one attached hydrogen (secondary N) is 1. The van der Waals surface area contributed by atoms with Crippen LogP contribution in [-0.4, -0.2) is 12.1 Å². The SMILES string of the molecule is C1CCC(C2NC3CCCCC3C3CCCCC32)CC1. The van der Waals surface area contributed by atoms with Crippen molar-refractivity contribution in [2.45, 2.75) is 95.6 Å². The maximum Gasteiger partial charge on any atom is 0.0129 e. The Morgan fingerprint density at radius 1 is 0.500 bits per heavy atom. The molecule has 3 aliphatic carbocycles. The van der Waals surface area contributed by atoms with Crippen LogP contribution in [0.25, 0.3) is 0 Å². The largest absolute Gasteiger partial charge is 0.310 e. The van der Waals surface area contributed by atoms with Crippen molar-refractivity contribution in [2.24, 2.45) is 23.7 Å². The van der Waals surface area contributed by atoms with E-state index in [9.17, 15) is 0 Å². The lowest BCUT2D eigenvalue weighted by Crippen LogP contribution is -2.60. The standard InChI is InChI=1S/C19H33N/c1-2-8-14(9-3-1)19-17-12-5-4-10-15(17)16-11-6-7-13-18(16)20-19/h14-20H,1-13H2. The lowest BCUT2D eigenvalue weighted by atomic mass is 9.58. The van der Waals surface area contributed by atoms with Gasteiger partial charge in [0.05, 0.1) is 0 Å². The Bertz CT molecular complexity index is 317. The first-order chi connectivity index (χ1) is 9.93. The molecule has 3 saturated carbocycles. The Kier molecular flexibility index (Phi) is 4.07. The molecule has 5 atom stereocenters. The second-order valence-corrected chi connectivity index (χ2v) is 8.26. The molecule has 0 amide bonds. The Morgan fingerprint density at radius 3 is 1.90 bits per heavy atom. The summed E-state index contributed by atoms with van der Waals surface area (Å²) in [5, 5.41) is 4.22. The van der Waals surface area contributed by atoms with Crippen LogP contribution < -0.4 is 5.32 Å². The van der Waals surface area contributed by atoms with E-state index in [1.807, 2.05) is 0 Å². The van der Waals surface area contributed by atoms with E-state index in [0.717, 1.165) is 35.8 Å². The van der Waals surface area contributed by atoms with Crippen LogP contribution >= 0.6 is 0 Å². The molecule has 0 aromatic carbocycles. The predicted molar refractivity (Wildman–Crippen MR) is 84.7 cm³/mol. The average molecular weight is 275 g/mol. The fraction of sp³-hybridized carbons (Fsp3) is 1.00. The van der Waals surface area contributed by atoms with Crippen molar-refractivity contribution < 1.29 is 0 Å². The van der Waals surface area contributed by atoms with Crippen molar-refractivity contribution in [3.8, 4) is 0 Å². The second kappa shape index (κ2) is 5.99. The molecule has 0 spiro atoms. The summed E-state index contributed by atoms with van der Waals surface area (Å²) in [5.41, 5.74) is 0. The molecule has 0 radical (unpaired) electrons. The molecule has 1 aliphatic heterocycles. The highest BCUT2D eigenvalue weighted by atomic mass is 15.0. The zero-order valence-corrected chi connectivity index (χ0v) is 13.2. The molecule has 1 heteroatoms. The molecule has 0 aromatic rings. The third-order valence-electron chi connectivity index (χ3n) is 7.27. The van der Waals surface area contributed by atoms with Gasteiger partial charge in [0.1, 0.15) is 0 Å². The molecule has 1 nitrogen and oxygen atoms in total. The van der Waals surface area contributed by atoms with Gasteiger partial charge in [-0.2, -0.15) is 0 Å². The summed E-state index contributed by atoms with van der Waals surface area (Å²) in [6.45, 7) is 0. The Morgan fingerprint density at radius 2 is 1.10 bits per heavy atom. The van der Waals surface area contributed by atoms with E-state index in [4.69, 9.17) is 0 Å². The smallest absolute Gasteiger partial charge is 0.0129 e. The van der Waals surface area contributed by atoms with Crippen molar-refractivity contribution in [2.75, 3.05) is 0 Å². The van der Waals surface area contributed by atoms with Gasteiger partial charge in [-0.15, -0.1) is 0 Å². The number of hydrogen-bond acceptors (Lipinski definition) is 1. The van der Waals surface area contributed by atoms with Crippen LogP contribution in [0.4, 0.5) is 0 Å². The summed E-state index contributed by atoms with van der Waals surface area (Å²) < 4.78 is 0. The van der Waals surface area contributed by atoms with E-state index < -0.39 is 0 Å². The molecule has 114 valence electrons. The van der Waals surface area contributed by atoms with Gasteiger partial charge in [0.15, 0.2) is 0 Å². The Hall–Kier alpha value is -0.0400. The molecular formula is C19H33N. The van der Waals surface area contributed by atoms with Crippen LogP contribution in [0.2, 0.25) is 0 Å². The van der Waals surface area contributed by atoms with E-state index in [-0.39, 0.29) is 0 Å².